The summed E-state index contributed by atoms with van der Waals surface area (Å²) in [7, 11) is 0. The van der Waals surface area contributed by atoms with Crippen LogP contribution < -0.4 is 9.80 Å². The van der Waals surface area contributed by atoms with E-state index in [2.05, 4.69) is 313 Å². The minimum atomic E-state index is -0.857. The number of benzene rings is 14. The maximum atomic E-state index is 7.46. The van der Waals surface area contributed by atoms with E-state index >= 15 is 0 Å². The molecule has 0 radical (unpaired) electrons. The molecule has 4 nitrogen and oxygen atoms in total. The first kappa shape index (κ1) is 57.3. The number of furan rings is 2. The van der Waals surface area contributed by atoms with Gasteiger partial charge < -0.3 is 18.6 Å². The van der Waals surface area contributed by atoms with Crippen LogP contribution in [0.5, 0.6) is 0 Å². The van der Waals surface area contributed by atoms with Crippen LogP contribution in [0.3, 0.4) is 0 Å². The molecule has 14 aromatic carbocycles. The largest absolute Gasteiger partial charge is 0.453 e. The molecule has 0 bridgehead atoms. The molecule has 0 aliphatic heterocycles. The van der Waals surface area contributed by atoms with Crippen molar-refractivity contribution >= 4 is 99.5 Å². The van der Waals surface area contributed by atoms with E-state index in [1.54, 1.807) is 0 Å². The molecule has 2 heterocycles. The lowest BCUT2D eigenvalue weighted by atomic mass is 9.67. The average Bonchev–Trinajstić information content (AvgIpc) is 1.53. The maximum Gasteiger partial charge on any atom is 0.159 e. The number of fused-ring (bicyclic) bond motifs is 13. The zero-order valence-corrected chi connectivity index (χ0v) is 54.3. The standard InChI is InChI=1S/C93H72N2O2/c1-7-27-61(28-8-1)63-51-55-69(56-52-63)94(83-49-25-47-79-77-45-23-43-71(89(77)96-91(79)83)65-31-11-3-12-32-65)85-59-81-87(75-41-21-19-39-73(75)85)88-76-42-22-20-40-74(76)86(60-82(88)93(81,67-35-15-5-16-36-67)68-37-17-6-18-38-68)95(70-57-53-64(54-58-70)62-29-9-2-10-30-62)84-50-26-48-80-78-46-24-44-72(90(78)97-92(80)84)66-33-13-4-14-34-66/h3-6,11-26,31-62H,1-2,7-10,27-30H2. The molecular weight excluding hydrogens is 1180 g/mol. The normalized spacial score (nSPS) is 14.8. The highest BCUT2D eigenvalue weighted by molar-refractivity contribution is 6.21. The van der Waals surface area contributed by atoms with Crippen molar-refractivity contribution in [2.75, 3.05) is 9.80 Å². The van der Waals surface area contributed by atoms with Gasteiger partial charge in [0, 0.05) is 54.8 Å². The second kappa shape index (κ2) is 23.6. The number of nitrogens with zero attached hydrogens (tertiary/aromatic N) is 2. The smallest absolute Gasteiger partial charge is 0.159 e. The van der Waals surface area contributed by atoms with Crippen LogP contribution in [0.15, 0.2) is 312 Å². The summed E-state index contributed by atoms with van der Waals surface area (Å²) < 4.78 is 14.9. The van der Waals surface area contributed by atoms with Crippen molar-refractivity contribution in [1.29, 1.82) is 0 Å². The zero-order chi connectivity index (χ0) is 64.0. The average molecular weight is 1250 g/mol. The van der Waals surface area contributed by atoms with E-state index in [4.69, 9.17) is 8.83 Å². The molecule has 0 unspecified atom stereocenters. The van der Waals surface area contributed by atoms with Crippen LogP contribution in [0.4, 0.5) is 34.1 Å². The van der Waals surface area contributed by atoms with Crippen molar-refractivity contribution in [1.82, 2.24) is 0 Å². The molecule has 2 aromatic heterocycles. The van der Waals surface area contributed by atoms with Gasteiger partial charge in [-0.15, -0.1) is 0 Å². The Hall–Kier alpha value is -11.2. The lowest BCUT2D eigenvalue weighted by Gasteiger charge is -2.36. The lowest BCUT2D eigenvalue weighted by molar-refractivity contribution is 0.443. The quantitative estimate of drug-likeness (QED) is 0.122. The Labute approximate surface area is 566 Å². The Morgan fingerprint density at radius 2 is 0.598 bits per heavy atom. The molecule has 19 rings (SSSR count). The van der Waals surface area contributed by atoms with Crippen molar-refractivity contribution in [3.05, 3.63) is 337 Å². The molecule has 16 aromatic rings. The highest BCUT2D eigenvalue weighted by Crippen LogP contribution is 2.63. The van der Waals surface area contributed by atoms with Gasteiger partial charge in [0.1, 0.15) is 11.2 Å². The first-order chi connectivity index (χ1) is 48.2. The molecule has 0 N–H and O–H groups in total. The Kier molecular flexibility index (Phi) is 13.9. The summed E-state index contributed by atoms with van der Waals surface area (Å²) in [6.45, 7) is 0. The van der Waals surface area contributed by atoms with E-state index in [1.807, 2.05) is 0 Å². The van der Waals surface area contributed by atoms with E-state index in [-0.39, 0.29) is 0 Å². The summed E-state index contributed by atoms with van der Waals surface area (Å²) in [6, 6.07) is 114. The van der Waals surface area contributed by atoms with E-state index in [0.29, 0.717) is 11.8 Å². The molecule has 0 amide bonds. The predicted molar refractivity (Wildman–Crippen MR) is 405 cm³/mol. The summed E-state index contributed by atoms with van der Waals surface area (Å²) in [5, 5.41) is 9.03. The van der Waals surface area contributed by atoms with Crippen molar-refractivity contribution in [3.63, 3.8) is 0 Å². The fourth-order valence-electron chi connectivity index (χ4n) is 17.7. The zero-order valence-electron chi connectivity index (χ0n) is 54.3. The van der Waals surface area contributed by atoms with Crippen LogP contribution in [0.1, 0.15) is 109 Å². The van der Waals surface area contributed by atoms with E-state index in [1.165, 1.54) is 119 Å². The van der Waals surface area contributed by atoms with Crippen molar-refractivity contribution in [2.45, 2.75) is 81.5 Å². The van der Waals surface area contributed by atoms with Gasteiger partial charge in [-0.2, -0.15) is 0 Å². The molecule has 2 saturated carbocycles. The Morgan fingerprint density at radius 3 is 0.990 bits per heavy atom. The van der Waals surface area contributed by atoms with Gasteiger partial charge in [0.25, 0.3) is 0 Å². The second-order valence-electron chi connectivity index (χ2n) is 27.3. The van der Waals surface area contributed by atoms with Gasteiger partial charge >= 0.3 is 0 Å². The number of para-hydroxylation sites is 4. The minimum absolute atomic E-state index is 0.554. The van der Waals surface area contributed by atoms with Crippen molar-refractivity contribution < 1.29 is 8.83 Å². The first-order valence-corrected chi connectivity index (χ1v) is 35.2. The number of rotatable bonds is 12. The van der Waals surface area contributed by atoms with Crippen molar-refractivity contribution in [3.8, 4) is 33.4 Å². The monoisotopic (exact) mass is 1250 g/mol. The van der Waals surface area contributed by atoms with Gasteiger partial charge in [-0.05, 0) is 152 Å². The van der Waals surface area contributed by atoms with Gasteiger partial charge in [0.2, 0.25) is 0 Å². The molecular formula is C93H72N2O2. The Morgan fingerprint density at radius 1 is 0.268 bits per heavy atom. The molecule has 97 heavy (non-hydrogen) atoms. The van der Waals surface area contributed by atoms with Crippen LogP contribution >= 0.6 is 0 Å². The maximum absolute atomic E-state index is 7.46. The Bertz CT molecular complexity index is 5290. The third-order valence-corrected chi connectivity index (χ3v) is 22.1. The fraction of sp³-hybridized carbons (Fsp3) is 0.140. The van der Waals surface area contributed by atoms with Crippen LogP contribution in [0.25, 0.3) is 98.8 Å². The summed E-state index contributed by atoms with van der Waals surface area (Å²) in [5.74, 6) is 1.11. The molecule has 0 spiro atoms. The molecule has 2 fully saturated rings. The second-order valence-corrected chi connectivity index (χ2v) is 27.3. The summed E-state index contributed by atoms with van der Waals surface area (Å²) in [5.41, 5.74) is 23.4. The molecule has 3 aliphatic rings. The highest BCUT2D eigenvalue weighted by Gasteiger charge is 2.49. The van der Waals surface area contributed by atoms with E-state index in [0.717, 1.165) is 111 Å². The number of hydrogen-bond acceptors (Lipinski definition) is 4. The SMILES string of the molecule is c1ccc(-c2cccc3c2oc2c(N(c4ccc(C5CCCCC5)cc4)c4cc5c(c6ccccc46)-c4c(cc(N(c6ccc(C7CCCCC7)cc6)c6cccc7c6oc6c(-c8ccccc8)cccc67)c6ccccc46)C5(c4ccccc4)c4ccccc4)cccc23)cc1. The van der Waals surface area contributed by atoms with E-state index < -0.39 is 5.41 Å². The van der Waals surface area contributed by atoms with Gasteiger partial charge in [-0.3, -0.25) is 0 Å². The fourth-order valence-corrected chi connectivity index (χ4v) is 17.7. The molecule has 0 saturated heterocycles. The Balaban J connectivity index is 0.906. The van der Waals surface area contributed by atoms with Crippen molar-refractivity contribution in [2.24, 2.45) is 0 Å². The molecule has 0 atom stereocenters. The van der Waals surface area contributed by atoms with Crippen LogP contribution in [0, 0.1) is 0 Å². The van der Waals surface area contributed by atoms with Crippen LogP contribution in [0.2, 0.25) is 0 Å². The molecule has 3 aliphatic carbocycles. The first-order valence-electron chi connectivity index (χ1n) is 35.2. The third-order valence-electron chi connectivity index (χ3n) is 22.1. The predicted octanol–water partition coefficient (Wildman–Crippen LogP) is 26.5. The summed E-state index contributed by atoms with van der Waals surface area (Å²) >= 11 is 0. The summed E-state index contributed by atoms with van der Waals surface area (Å²) in [4.78, 5) is 5.06. The molecule has 4 heteroatoms. The van der Waals surface area contributed by atoms with Crippen LogP contribution in [-0.2, 0) is 5.41 Å². The minimum Gasteiger partial charge on any atom is -0.453 e. The van der Waals surface area contributed by atoms with Gasteiger partial charge in [0.05, 0.1) is 28.2 Å². The van der Waals surface area contributed by atoms with Gasteiger partial charge in [-0.1, -0.05) is 293 Å². The summed E-state index contributed by atoms with van der Waals surface area (Å²) in [6.07, 6.45) is 12.7. The molecule has 466 valence electrons. The number of anilines is 6. The van der Waals surface area contributed by atoms with Gasteiger partial charge in [0.15, 0.2) is 11.2 Å². The number of hydrogen-bond donors (Lipinski definition) is 0. The van der Waals surface area contributed by atoms with Crippen LogP contribution in [-0.4, -0.2) is 0 Å². The van der Waals surface area contributed by atoms with E-state index in [9.17, 15) is 0 Å². The lowest BCUT2D eigenvalue weighted by Crippen LogP contribution is -2.29. The third kappa shape index (κ3) is 9.24. The highest BCUT2D eigenvalue weighted by atomic mass is 16.3. The van der Waals surface area contributed by atoms with Gasteiger partial charge in [-0.25, -0.2) is 0 Å². The topological polar surface area (TPSA) is 32.8 Å².